The van der Waals surface area contributed by atoms with Crippen LogP contribution in [0.1, 0.15) is 26.2 Å². The molecule has 1 unspecified atom stereocenters. The summed E-state index contributed by atoms with van der Waals surface area (Å²) in [5.74, 6) is 0.800. The van der Waals surface area contributed by atoms with Crippen LogP contribution in [-0.2, 0) is 0 Å². The molecule has 1 aliphatic carbocycles. The summed E-state index contributed by atoms with van der Waals surface area (Å²) in [4.78, 5) is 7.84. The predicted octanol–water partition coefficient (Wildman–Crippen LogP) is -0.237. The van der Waals surface area contributed by atoms with E-state index in [0.29, 0.717) is 5.92 Å². The first-order valence-electron chi connectivity index (χ1n) is 4.52. The van der Waals surface area contributed by atoms with Gasteiger partial charge in [-0.2, -0.15) is 4.99 Å². The summed E-state index contributed by atoms with van der Waals surface area (Å²) >= 11 is 0. The van der Waals surface area contributed by atoms with Crippen LogP contribution in [-0.4, -0.2) is 18.0 Å². The first-order valence-corrected chi connectivity index (χ1v) is 4.52. The van der Waals surface area contributed by atoms with Gasteiger partial charge in [0.15, 0.2) is 5.96 Å². The summed E-state index contributed by atoms with van der Waals surface area (Å²) in [6, 6.07) is 0.233. The van der Waals surface area contributed by atoms with Crippen molar-refractivity contribution in [3.05, 3.63) is 0 Å². The van der Waals surface area contributed by atoms with Gasteiger partial charge >= 0.3 is 0 Å². The van der Waals surface area contributed by atoms with Crippen LogP contribution >= 0.6 is 0 Å². The maximum atomic E-state index is 5.49. The maximum absolute atomic E-state index is 5.49. The molecule has 0 aromatic rings. The molecular formula is C8H17N5. The summed E-state index contributed by atoms with van der Waals surface area (Å²) in [6.07, 6.45) is 3.77. The molecule has 6 N–H and O–H groups in total. The summed E-state index contributed by atoms with van der Waals surface area (Å²) in [5, 5.41) is 0. The van der Waals surface area contributed by atoms with E-state index in [1.807, 2.05) is 6.92 Å². The Kier molecular flexibility index (Phi) is 3.11. The number of rotatable bonds is 2. The maximum Gasteiger partial charge on any atom is 0.218 e. The van der Waals surface area contributed by atoms with Crippen LogP contribution in [0.2, 0.25) is 0 Å². The standard InChI is InChI=1S/C8H17N5/c1-5(6-3-2-4-6)12-8(11)13-7(9)10/h5-6H,2-4H2,1H3,(H6,9,10,11,12,13). The normalized spacial score (nSPS) is 20.5. The average molecular weight is 183 g/mol. The molecule has 0 heterocycles. The quantitative estimate of drug-likeness (QED) is 0.406. The summed E-state index contributed by atoms with van der Waals surface area (Å²) in [6.45, 7) is 2.04. The van der Waals surface area contributed by atoms with Crippen molar-refractivity contribution in [2.24, 2.45) is 33.1 Å². The summed E-state index contributed by atoms with van der Waals surface area (Å²) in [7, 11) is 0. The molecule has 0 bridgehead atoms. The molecular weight excluding hydrogens is 166 g/mol. The molecule has 1 atom stereocenters. The van der Waals surface area contributed by atoms with E-state index in [1.165, 1.54) is 19.3 Å². The Labute approximate surface area is 78.1 Å². The van der Waals surface area contributed by atoms with Crippen LogP contribution in [0.4, 0.5) is 0 Å². The van der Waals surface area contributed by atoms with Crippen molar-refractivity contribution < 1.29 is 0 Å². The van der Waals surface area contributed by atoms with Gasteiger partial charge in [-0.1, -0.05) is 6.42 Å². The Hall–Kier alpha value is -1.26. The van der Waals surface area contributed by atoms with Gasteiger partial charge in [-0.05, 0) is 25.7 Å². The van der Waals surface area contributed by atoms with Gasteiger partial charge in [-0.3, -0.25) is 0 Å². The summed E-state index contributed by atoms with van der Waals surface area (Å²) < 4.78 is 0. The van der Waals surface area contributed by atoms with Gasteiger partial charge in [-0.15, -0.1) is 0 Å². The molecule has 5 heteroatoms. The number of aliphatic imine (C=N–C) groups is 2. The van der Waals surface area contributed by atoms with Gasteiger partial charge in [0, 0.05) is 0 Å². The Morgan fingerprint density at radius 2 is 1.92 bits per heavy atom. The number of guanidine groups is 2. The topological polar surface area (TPSA) is 103 Å². The van der Waals surface area contributed by atoms with Crippen molar-refractivity contribution in [3.63, 3.8) is 0 Å². The van der Waals surface area contributed by atoms with Gasteiger partial charge in [0.2, 0.25) is 5.96 Å². The van der Waals surface area contributed by atoms with Crippen molar-refractivity contribution in [1.29, 1.82) is 0 Å². The Morgan fingerprint density at radius 1 is 1.31 bits per heavy atom. The smallest absolute Gasteiger partial charge is 0.218 e. The molecule has 0 amide bonds. The molecule has 13 heavy (non-hydrogen) atoms. The minimum absolute atomic E-state index is 0.0398. The molecule has 0 aromatic carbocycles. The molecule has 0 spiro atoms. The Balaban J connectivity index is 2.48. The van der Waals surface area contributed by atoms with Crippen LogP contribution in [0.15, 0.2) is 9.98 Å². The van der Waals surface area contributed by atoms with Crippen LogP contribution in [0.3, 0.4) is 0 Å². The van der Waals surface area contributed by atoms with E-state index in [0.717, 1.165) is 0 Å². The molecule has 0 aromatic heterocycles. The van der Waals surface area contributed by atoms with E-state index >= 15 is 0 Å². The molecule has 5 nitrogen and oxygen atoms in total. The monoisotopic (exact) mass is 183 g/mol. The number of nitrogens with two attached hydrogens (primary N) is 3. The van der Waals surface area contributed by atoms with Gasteiger partial charge in [-0.25, -0.2) is 4.99 Å². The van der Waals surface area contributed by atoms with E-state index in [1.54, 1.807) is 0 Å². The highest BCUT2D eigenvalue weighted by Crippen LogP contribution is 2.30. The zero-order valence-corrected chi connectivity index (χ0v) is 7.90. The minimum atomic E-state index is -0.0398. The minimum Gasteiger partial charge on any atom is -0.370 e. The fourth-order valence-corrected chi connectivity index (χ4v) is 1.40. The first kappa shape index (κ1) is 9.83. The van der Waals surface area contributed by atoms with Crippen LogP contribution in [0, 0.1) is 5.92 Å². The van der Waals surface area contributed by atoms with Gasteiger partial charge in [0.25, 0.3) is 0 Å². The zero-order valence-electron chi connectivity index (χ0n) is 7.90. The third kappa shape index (κ3) is 2.93. The van der Waals surface area contributed by atoms with Gasteiger partial charge in [0.1, 0.15) is 0 Å². The highest BCUT2D eigenvalue weighted by molar-refractivity contribution is 5.92. The lowest BCUT2D eigenvalue weighted by Gasteiger charge is -2.28. The first-order chi connectivity index (χ1) is 6.09. The second-order valence-electron chi connectivity index (χ2n) is 3.46. The van der Waals surface area contributed by atoms with Crippen LogP contribution < -0.4 is 17.2 Å². The number of hydrogen-bond donors (Lipinski definition) is 3. The molecule has 1 fully saturated rings. The molecule has 1 aliphatic rings. The molecule has 1 rings (SSSR count). The number of hydrogen-bond acceptors (Lipinski definition) is 1. The van der Waals surface area contributed by atoms with E-state index < -0.39 is 0 Å². The highest BCUT2D eigenvalue weighted by Gasteiger charge is 2.23. The van der Waals surface area contributed by atoms with E-state index in [-0.39, 0.29) is 18.0 Å². The van der Waals surface area contributed by atoms with Crippen molar-refractivity contribution in [2.75, 3.05) is 0 Å². The molecule has 0 aliphatic heterocycles. The van der Waals surface area contributed by atoms with Gasteiger partial charge in [0.05, 0.1) is 6.04 Å². The average Bonchev–Trinajstić information content (AvgIpc) is 1.78. The highest BCUT2D eigenvalue weighted by atomic mass is 15.1. The third-order valence-electron chi connectivity index (χ3n) is 2.41. The second kappa shape index (κ2) is 4.11. The fourth-order valence-electron chi connectivity index (χ4n) is 1.40. The molecule has 74 valence electrons. The van der Waals surface area contributed by atoms with Crippen molar-refractivity contribution in [2.45, 2.75) is 32.2 Å². The van der Waals surface area contributed by atoms with Gasteiger partial charge < -0.3 is 17.2 Å². The lowest BCUT2D eigenvalue weighted by Crippen LogP contribution is -2.29. The Bertz CT molecular complexity index is 225. The third-order valence-corrected chi connectivity index (χ3v) is 2.41. The molecule has 0 saturated heterocycles. The van der Waals surface area contributed by atoms with E-state index in [4.69, 9.17) is 17.2 Å². The van der Waals surface area contributed by atoms with Crippen LogP contribution in [0.25, 0.3) is 0 Å². The lowest BCUT2D eigenvalue weighted by molar-refractivity contribution is 0.274. The Morgan fingerprint density at radius 3 is 2.31 bits per heavy atom. The predicted molar refractivity (Wildman–Crippen MR) is 54.2 cm³/mol. The molecule has 0 radical (unpaired) electrons. The van der Waals surface area contributed by atoms with Crippen LogP contribution in [0.5, 0.6) is 0 Å². The summed E-state index contributed by atoms with van der Waals surface area (Å²) in [5.41, 5.74) is 15.8. The zero-order chi connectivity index (χ0) is 9.84. The lowest BCUT2D eigenvalue weighted by atomic mass is 9.81. The molecule has 1 saturated carbocycles. The van der Waals surface area contributed by atoms with Crippen molar-refractivity contribution in [3.8, 4) is 0 Å². The second-order valence-corrected chi connectivity index (χ2v) is 3.46. The van der Waals surface area contributed by atoms with E-state index in [9.17, 15) is 0 Å². The largest absolute Gasteiger partial charge is 0.370 e. The van der Waals surface area contributed by atoms with Crippen molar-refractivity contribution >= 4 is 11.9 Å². The van der Waals surface area contributed by atoms with E-state index in [2.05, 4.69) is 9.98 Å². The SMILES string of the molecule is CC(N=C(N)N=C(N)N)C1CCC1. The van der Waals surface area contributed by atoms with Crippen molar-refractivity contribution in [1.82, 2.24) is 0 Å². The fraction of sp³-hybridized carbons (Fsp3) is 0.750. The number of nitrogens with zero attached hydrogens (tertiary/aromatic N) is 2.